The Labute approximate surface area is 190 Å². The van der Waals surface area contributed by atoms with Gasteiger partial charge in [0.2, 0.25) is 5.91 Å². The summed E-state index contributed by atoms with van der Waals surface area (Å²) in [6, 6.07) is 8.06. The van der Waals surface area contributed by atoms with Gasteiger partial charge in [-0.25, -0.2) is 9.97 Å². The standard InChI is InChI=1S/C25H33ClN4O/c1-4-22-21(16-18-6-5-7-20(26)15-18)25(28-24(27-22)19-8-9-19)30-12-10-29(11-13-30)23(31)14-17(2)3/h5-7,15,17,19H,4,8-14,16H2,1-3H3. The van der Waals surface area contributed by atoms with Crippen molar-refractivity contribution in [3.05, 3.63) is 51.9 Å². The van der Waals surface area contributed by atoms with Crippen LogP contribution in [0.1, 0.15) is 68.6 Å². The number of aromatic nitrogens is 2. The van der Waals surface area contributed by atoms with E-state index in [2.05, 4.69) is 31.7 Å². The van der Waals surface area contributed by atoms with Crippen LogP contribution in [0.25, 0.3) is 0 Å². The van der Waals surface area contributed by atoms with Gasteiger partial charge in [0.15, 0.2) is 0 Å². The van der Waals surface area contributed by atoms with Crippen LogP contribution in [0, 0.1) is 5.92 Å². The molecule has 4 rings (SSSR count). The molecule has 31 heavy (non-hydrogen) atoms. The Morgan fingerprint density at radius 2 is 1.90 bits per heavy atom. The Balaban J connectivity index is 1.61. The average Bonchev–Trinajstić information content (AvgIpc) is 3.59. The molecule has 1 aromatic heterocycles. The molecule has 0 radical (unpaired) electrons. The van der Waals surface area contributed by atoms with E-state index in [1.807, 2.05) is 23.1 Å². The number of amides is 1. The zero-order chi connectivity index (χ0) is 22.0. The fraction of sp³-hybridized carbons (Fsp3) is 0.560. The summed E-state index contributed by atoms with van der Waals surface area (Å²) in [6.45, 7) is 9.52. The molecule has 0 bridgehead atoms. The highest BCUT2D eigenvalue weighted by Gasteiger charge is 2.31. The number of nitrogens with zero attached hydrogens (tertiary/aromatic N) is 4. The van der Waals surface area contributed by atoms with E-state index < -0.39 is 0 Å². The van der Waals surface area contributed by atoms with Crippen molar-refractivity contribution in [2.75, 3.05) is 31.1 Å². The predicted octanol–water partition coefficient (Wildman–Crippen LogP) is 4.86. The normalized spacial score (nSPS) is 16.8. The Bertz CT molecular complexity index is 933. The van der Waals surface area contributed by atoms with Crippen LogP contribution >= 0.6 is 11.6 Å². The van der Waals surface area contributed by atoms with E-state index in [1.54, 1.807) is 0 Å². The summed E-state index contributed by atoms with van der Waals surface area (Å²) in [5.41, 5.74) is 3.53. The molecule has 166 valence electrons. The number of rotatable bonds is 7. The number of halogens is 1. The molecule has 1 saturated carbocycles. The van der Waals surface area contributed by atoms with Gasteiger partial charge in [-0.05, 0) is 42.9 Å². The number of carbonyl (C=O) groups excluding carboxylic acids is 1. The molecule has 0 N–H and O–H groups in total. The number of anilines is 1. The van der Waals surface area contributed by atoms with Gasteiger partial charge in [-0.1, -0.05) is 44.5 Å². The maximum Gasteiger partial charge on any atom is 0.222 e. The van der Waals surface area contributed by atoms with Crippen LogP contribution in [0.5, 0.6) is 0 Å². The Morgan fingerprint density at radius 1 is 1.16 bits per heavy atom. The van der Waals surface area contributed by atoms with Gasteiger partial charge in [0, 0.05) is 61.2 Å². The summed E-state index contributed by atoms with van der Waals surface area (Å²) >= 11 is 6.25. The van der Waals surface area contributed by atoms with Gasteiger partial charge in [-0.3, -0.25) is 4.79 Å². The van der Waals surface area contributed by atoms with Crippen LogP contribution in [0.3, 0.4) is 0 Å². The molecule has 1 saturated heterocycles. The summed E-state index contributed by atoms with van der Waals surface area (Å²) in [4.78, 5) is 26.9. The predicted molar refractivity (Wildman–Crippen MR) is 126 cm³/mol. The number of piperazine rings is 1. The van der Waals surface area contributed by atoms with Crippen molar-refractivity contribution in [3.63, 3.8) is 0 Å². The Morgan fingerprint density at radius 3 is 2.52 bits per heavy atom. The van der Waals surface area contributed by atoms with Crippen LogP contribution < -0.4 is 4.90 Å². The molecule has 6 heteroatoms. The van der Waals surface area contributed by atoms with E-state index >= 15 is 0 Å². The quantitative estimate of drug-likeness (QED) is 0.617. The lowest BCUT2D eigenvalue weighted by Gasteiger charge is -2.37. The minimum atomic E-state index is 0.268. The largest absolute Gasteiger partial charge is 0.353 e. The van der Waals surface area contributed by atoms with E-state index in [-0.39, 0.29) is 5.91 Å². The van der Waals surface area contributed by atoms with Crippen molar-refractivity contribution in [2.24, 2.45) is 5.92 Å². The lowest BCUT2D eigenvalue weighted by molar-refractivity contribution is -0.132. The first kappa shape index (κ1) is 22.1. The molecule has 2 aromatic rings. The second-order valence-electron chi connectivity index (χ2n) is 9.23. The number of aryl methyl sites for hydroxylation is 1. The molecule has 0 spiro atoms. The molecule has 1 aliphatic carbocycles. The Hall–Kier alpha value is -2.14. The highest BCUT2D eigenvalue weighted by molar-refractivity contribution is 6.30. The van der Waals surface area contributed by atoms with E-state index in [0.717, 1.165) is 61.4 Å². The van der Waals surface area contributed by atoms with Crippen molar-refractivity contribution in [1.82, 2.24) is 14.9 Å². The minimum Gasteiger partial charge on any atom is -0.353 e. The zero-order valence-electron chi connectivity index (χ0n) is 18.9. The number of hydrogen-bond donors (Lipinski definition) is 0. The molecular weight excluding hydrogens is 408 g/mol. The van der Waals surface area contributed by atoms with Gasteiger partial charge in [-0.15, -0.1) is 0 Å². The third kappa shape index (κ3) is 5.38. The van der Waals surface area contributed by atoms with E-state index in [9.17, 15) is 4.79 Å². The number of hydrogen-bond acceptors (Lipinski definition) is 4. The molecule has 2 aliphatic rings. The highest BCUT2D eigenvalue weighted by Crippen LogP contribution is 2.40. The maximum atomic E-state index is 12.5. The van der Waals surface area contributed by atoms with Gasteiger partial charge in [-0.2, -0.15) is 0 Å². The van der Waals surface area contributed by atoms with Gasteiger partial charge >= 0.3 is 0 Å². The molecule has 2 fully saturated rings. The first-order chi connectivity index (χ1) is 14.9. The van der Waals surface area contributed by atoms with Gasteiger partial charge < -0.3 is 9.80 Å². The lowest BCUT2D eigenvalue weighted by atomic mass is 10.0. The summed E-state index contributed by atoms with van der Waals surface area (Å²) in [6.07, 6.45) is 4.66. The Kier molecular flexibility index (Phi) is 6.80. The third-order valence-electron chi connectivity index (χ3n) is 6.15. The van der Waals surface area contributed by atoms with Gasteiger partial charge in [0.05, 0.1) is 0 Å². The summed E-state index contributed by atoms with van der Waals surface area (Å²) in [7, 11) is 0. The molecule has 1 aromatic carbocycles. The van der Waals surface area contributed by atoms with Crippen molar-refractivity contribution < 1.29 is 4.79 Å². The topological polar surface area (TPSA) is 49.3 Å². The van der Waals surface area contributed by atoms with Gasteiger partial charge in [0.1, 0.15) is 11.6 Å². The first-order valence-electron chi connectivity index (χ1n) is 11.6. The smallest absolute Gasteiger partial charge is 0.222 e. The molecule has 0 atom stereocenters. The van der Waals surface area contributed by atoms with Crippen molar-refractivity contribution in [2.45, 2.75) is 58.8 Å². The van der Waals surface area contributed by atoms with Crippen molar-refractivity contribution in [3.8, 4) is 0 Å². The van der Waals surface area contributed by atoms with Gasteiger partial charge in [0.25, 0.3) is 0 Å². The molecule has 1 aliphatic heterocycles. The van der Waals surface area contributed by atoms with E-state index in [4.69, 9.17) is 21.6 Å². The minimum absolute atomic E-state index is 0.268. The fourth-order valence-corrected chi connectivity index (χ4v) is 4.50. The van der Waals surface area contributed by atoms with E-state index in [0.29, 0.717) is 18.3 Å². The average molecular weight is 441 g/mol. The van der Waals surface area contributed by atoms with Crippen LogP contribution in [0.15, 0.2) is 24.3 Å². The van der Waals surface area contributed by atoms with Crippen LogP contribution in [0.2, 0.25) is 5.02 Å². The van der Waals surface area contributed by atoms with Crippen LogP contribution in [-0.2, 0) is 17.6 Å². The maximum absolute atomic E-state index is 12.5. The number of benzene rings is 1. The van der Waals surface area contributed by atoms with Crippen molar-refractivity contribution in [1.29, 1.82) is 0 Å². The third-order valence-corrected chi connectivity index (χ3v) is 6.39. The molecular formula is C25H33ClN4O. The summed E-state index contributed by atoms with van der Waals surface area (Å²) in [5, 5.41) is 0.755. The van der Waals surface area contributed by atoms with Crippen LogP contribution in [0.4, 0.5) is 5.82 Å². The summed E-state index contributed by atoms with van der Waals surface area (Å²) < 4.78 is 0. The summed E-state index contributed by atoms with van der Waals surface area (Å²) in [5.74, 6) is 3.23. The van der Waals surface area contributed by atoms with Crippen molar-refractivity contribution >= 4 is 23.3 Å². The molecule has 2 heterocycles. The van der Waals surface area contributed by atoms with E-state index in [1.165, 1.54) is 24.0 Å². The second kappa shape index (κ2) is 9.56. The SMILES string of the molecule is CCc1nc(C2CC2)nc(N2CCN(C(=O)CC(C)C)CC2)c1Cc1cccc(Cl)c1. The fourth-order valence-electron chi connectivity index (χ4n) is 4.29. The zero-order valence-corrected chi connectivity index (χ0v) is 19.7. The lowest BCUT2D eigenvalue weighted by Crippen LogP contribution is -2.49. The first-order valence-corrected chi connectivity index (χ1v) is 12.0. The molecule has 1 amide bonds. The van der Waals surface area contributed by atoms with Crippen LogP contribution in [-0.4, -0.2) is 47.0 Å². The highest BCUT2D eigenvalue weighted by atomic mass is 35.5. The second-order valence-corrected chi connectivity index (χ2v) is 9.67. The molecule has 0 unspecified atom stereocenters. The molecule has 5 nitrogen and oxygen atoms in total. The number of carbonyl (C=O) groups is 1. The monoisotopic (exact) mass is 440 g/mol.